The summed E-state index contributed by atoms with van der Waals surface area (Å²) in [6.07, 6.45) is -0.295. The molecule has 0 saturated carbocycles. The van der Waals surface area contributed by atoms with E-state index in [9.17, 15) is 23.3 Å². The van der Waals surface area contributed by atoms with Crippen LogP contribution in [0.15, 0.2) is 53.4 Å². The second-order valence-electron chi connectivity index (χ2n) is 4.85. The number of carbonyl (C=O) groups is 1. The van der Waals surface area contributed by atoms with Gasteiger partial charge in [-0.05, 0) is 18.2 Å². The third kappa shape index (κ3) is 4.53. The number of carbonyl (C=O) groups excluding carboxylic acids is 1. The Morgan fingerprint density at radius 1 is 1.17 bits per heavy atom. The molecule has 0 radical (unpaired) electrons. The molecule has 0 saturated heterocycles. The molecule has 0 heterocycles. The molecule has 2 aromatic carbocycles. The molecule has 2 rings (SSSR count). The second-order valence-corrected chi connectivity index (χ2v) is 7.37. The van der Waals surface area contributed by atoms with Gasteiger partial charge in [0.05, 0.1) is 26.3 Å². The average Bonchev–Trinajstić information content (AvgIpc) is 2.56. The van der Waals surface area contributed by atoms with E-state index in [1.807, 2.05) is 0 Å². The van der Waals surface area contributed by atoms with Crippen LogP contribution in [0.2, 0.25) is 5.02 Å². The molecule has 0 aliphatic rings. The summed E-state index contributed by atoms with van der Waals surface area (Å²) in [7, 11) is -3.58. The minimum absolute atomic E-state index is 0.0629. The van der Waals surface area contributed by atoms with Gasteiger partial charge in [-0.1, -0.05) is 29.8 Å². The Morgan fingerprint density at radius 2 is 1.83 bits per heavy atom. The largest absolute Gasteiger partial charge is 0.325 e. The molecule has 0 spiro atoms. The van der Waals surface area contributed by atoms with Crippen LogP contribution >= 0.6 is 11.6 Å². The number of non-ortho nitro benzene ring substituents is 1. The molecule has 0 bridgehead atoms. The normalized spacial score (nSPS) is 11.0. The molecule has 9 heteroatoms. The maximum Gasteiger partial charge on any atom is 0.271 e. The van der Waals surface area contributed by atoms with Crippen LogP contribution in [0.3, 0.4) is 0 Å². The Labute approximate surface area is 143 Å². The van der Waals surface area contributed by atoms with Crippen molar-refractivity contribution in [3.63, 3.8) is 0 Å². The van der Waals surface area contributed by atoms with Gasteiger partial charge >= 0.3 is 0 Å². The van der Waals surface area contributed by atoms with Gasteiger partial charge in [0.25, 0.3) is 5.69 Å². The molecular weight excluding hydrogens is 356 g/mol. The topological polar surface area (TPSA) is 106 Å². The SMILES string of the molecule is O=C(CCS(=O)(=O)c1ccccc1)Nc1cc([N+](=O)[O-])ccc1Cl. The summed E-state index contributed by atoms with van der Waals surface area (Å²) in [5.41, 5.74) is -0.167. The van der Waals surface area contributed by atoms with E-state index < -0.39 is 20.7 Å². The fourth-order valence-corrected chi connectivity index (χ4v) is 3.33. The van der Waals surface area contributed by atoms with E-state index in [4.69, 9.17) is 11.6 Å². The lowest BCUT2D eigenvalue weighted by atomic mass is 10.2. The Hall–Kier alpha value is -2.45. The van der Waals surface area contributed by atoms with Gasteiger partial charge < -0.3 is 5.32 Å². The monoisotopic (exact) mass is 368 g/mol. The third-order valence-corrected chi connectivity index (χ3v) is 5.20. The van der Waals surface area contributed by atoms with E-state index in [-0.39, 0.29) is 33.5 Å². The zero-order valence-electron chi connectivity index (χ0n) is 12.3. The first-order valence-corrected chi connectivity index (χ1v) is 8.84. The van der Waals surface area contributed by atoms with Gasteiger partial charge in [-0.15, -0.1) is 0 Å². The molecule has 0 unspecified atom stereocenters. The number of rotatable bonds is 6. The molecule has 24 heavy (non-hydrogen) atoms. The first-order chi connectivity index (χ1) is 11.3. The first kappa shape index (κ1) is 17.9. The number of sulfone groups is 1. The summed E-state index contributed by atoms with van der Waals surface area (Å²) in [5.74, 6) is -0.980. The fourth-order valence-electron chi connectivity index (χ4n) is 1.91. The highest BCUT2D eigenvalue weighted by Gasteiger charge is 2.17. The summed E-state index contributed by atoms with van der Waals surface area (Å²) in [5, 5.41) is 13.2. The highest BCUT2D eigenvalue weighted by Crippen LogP contribution is 2.26. The van der Waals surface area contributed by atoms with Crippen molar-refractivity contribution in [3.05, 3.63) is 63.7 Å². The predicted octanol–water partition coefficient (Wildman–Crippen LogP) is 3.05. The van der Waals surface area contributed by atoms with Crippen LogP contribution < -0.4 is 5.32 Å². The quantitative estimate of drug-likeness (QED) is 0.623. The van der Waals surface area contributed by atoms with Crippen molar-refractivity contribution in [1.29, 1.82) is 0 Å². The van der Waals surface area contributed by atoms with Crippen LogP contribution in [0.5, 0.6) is 0 Å². The molecule has 0 aliphatic heterocycles. The van der Waals surface area contributed by atoms with E-state index in [0.29, 0.717) is 0 Å². The van der Waals surface area contributed by atoms with Crippen molar-refractivity contribution in [1.82, 2.24) is 0 Å². The molecule has 2 aromatic rings. The zero-order valence-corrected chi connectivity index (χ0v) is 13.9. The van der Waals surface area contributed by atoms with Crippen LogP contribution in [0.4, 0.5) is 11.4 Å². The van der Waals surface area contributed by atoms with E-state index in [0.717, 1.165) is 6.07 Å². The number of benzene rings is 2. The molecule has 7 nitrogen and oxygen atoms in total. The molecule has 0 aliphatic carbocycles. The number of anilines is 1. The van der Waals surface area contributed by atoms with Crippen molar-refractivity contribution >= 4 is 38.7 Å². The minimum atomic E-state index is -3.58. The number of nitro groups is 1. The first-order valence-electron chi connectivity index (χ1n) is 6.81. The number of hydrogen-bond donors (Lipinski definition) is 1. The standard InChI is InChI=1S/C15H13ClN2O5S/c16-13-7-6-11(18(20)21)10-14(13)17-15(19)8-9-24(22,23)12-4-2-1-3-5-12/h1-7,10H,8-9H2,(H,17,19). The molecular formula is C15H13ClN2O5S. The van der Waals surface area contributed by atoms with E-state index in [2.05, 4.69) is 5.32 Å². The molecule has 0 aromatic heterocycles. The zero-order chi connectivity index (χ0) is 17.7. The fraction of sp³-hybridized carbons (Fsp3) is 0.133. The van der Waals surface area contributed by atoms with Gasteiger partial charge in [0.15, 0.2) is 9.84 Å². The minimum Gasteiger partial charge on any atom is -0.325 e. The Morgan fingerprint density at radius 3 is 2.46 bits per heavy atom. The number of hydrogen-bond acceptors (Lipinski definition) is 5. The summed E-state index contributed by atoms with van der Waals surface area (Å²) < 4.78 is 24.2. The van der Waals surface area contributed by atoms with Crippen molar-refractivity contribution in [2.75, 3.05) is 11.1 Å². The van der Waals surface area contributed by atoms with E-state index in [1.165, 1.54) is 24.3 Å². The molecule has 0 fully saturated rings. The molecule has 0 atom stereocenters. The van der Waals surface area contributed by atoms with Crippen molar-refractivity contribution < 1.29 is 18.1 Å². The lowest BCUT2D eigenvalue weighted by Gasteiger charge is -2.08. The number of nitrogens with zero attached hydrogens (tertiary/aromatic N) is 1. The molecule has 1 amide bonds. The molecule has 126 valence electrons. The van der Waals surface area contributed by atoms with Gasteiger partial charge in [-0.25, -0.2) is 8.42 Å². The highest BCUT2D eigenvalue weighted by molar-refractivity contribution is 7.91. The van der Waals surface area contributed by atoms with Crippen LogP contribution in [0, 0.1) is 10.1 Å². The lowest BCUT2D eigenvalue weighted by Crippen LogP contribution is -2.17. The Kier molecular flexibility index (Phi) is 5.53. The van der Waals surface area contributed by atoms with Crippen LogP contribution in [0.1, 0.15) is 6.42 Å². The van der Waals surface area contributed by atoms with Crippen LogP contribution in [0.25, 0.3) is 0 Å². The summed E-state index contributed by atoms with van der Waals surface area (Å²) >= 11 is 5.88. The summed E-state index contributed by atoms with van der Waals surface area (Å²) in [6.45, 7) is 0. The van der Waals surface area contributed by atoms with Crippen LogP contribution in [-0.4, -0.2) is 25.0 Å². The third-order valence-electron chi connectivity index (χ3n) is 3.14. The van der Waals surface area contributed by atoms with Gasteiger partial charge in [0.1, 0.15) is 0 Å². The smallest absolute Gasteiger partial charge is 0.271 e. The predicted molar refractivity (Wildman–Crippen MR) is 89.8 cm³/mol. The number of amides is 1. The number of halogens is 1. The van der Waals surface area contributed by atoms with Crippen molar-refractivity contribution in [2.45, 2.75) is 11.3 Å². The van der Waals surface area contributed by atoms with Gasteiger partial charge in [-0.3, -0.25) is 14.9 Å². The Balaban J connectivity index is 2.04. The summed E-state index contributed by atoms with van der Waals surface area (Å²) in [4.78, 5) is 22.2. The van der Waals surface area contributed by atoms with Crippen molar-refractivity contribution in [2.24, 2.45) is 0 Å². The second kappa shape index (κ2) is 7.41. The average molecular weight is 369 g/mol. The van der Waals surface area contributed by atoms with Crippen LogP contribution in [-0.2, 0) is 14.6 Å². The summed E-state index contributed by atoms with van der Waals surface area (Å²) in [6, 6.07) is 11.4. The number of nitrogens with one attached hydrogen (secondary N) is 1. The van der Waals surface area contributed by atoms with Crippen molar-refractivity contribution in [3.8, 4) is 0 Å². The van der Waals surface area contributed by atoms with Gasteiger partial charge in [0.2, 0.25) is 5.91 Å². The maximum absolute atomic E-state index is 12.1. The molecule has 1 N–H and O–H groups in total. The maximum atomic E-state index is 12.1. The lowest BCUT2D eigenvalue weighted by molar-refractivity contribution is -0.384. The van der Waals surface area contributed by atoms with E-state index in [1.54, 1.807) is 18.2 Å². The van der Waals surface area contributed by atoms with Gasteiger partial charge in [-0.2, -0.15) is 0 Å². The van der Waals surface area contributed by atoms with Gasteiger partial charge in [0, 0.05) is 18.6 Å². The number of nitro benzene ring substituents is 1. The highest BCUT2D eigenvalue weighted by atomic mass is 35.5. The Bertz CT molecular complexity index is 869. The van der Waals surface area contributed by atoms with E-state index >= 15 is 0 Å².